The molecule has 210 valence electrons. The summed E-state index contributed by atoms with van der Waals surface area (Å²) in [6.45, 7) is 4.10. The number of aromatic nitrogens is 3. The van der Waals surface area contributed by atoms with Gasteiger partial charge in [0.05, 0.1) is 28.2 Å². The van der Waals surface area contributed by atoms with E-state index in [-0.39, 0.29) is 16.4 Å². The lowest BCUT2D eigenvalue weighted by atomic mass is 10.1. The summed E-state index contributed by atoms with van der Waals surface area (Å²) in [6, 6.07) is 22.1. The van der Waals surface area contributed by atoms with Gasteiger partial charge in [-0.05, 0) is 56.3 Å². The van der Waals surface area contributed by atoms with Gasteiger partial charge in [0.1, 0.15) is 44.4 Å². The summed E-state index contributed by atoms with van der Waals surface area (Å²) in [7, 11) is 0. The first kappa shape index (κ1) is 26.9. The molecule has 0 N–H and O–H groups in total. The Labute approximate surface area is 250 Å². The van der Waals surface area contributed by atoms with Gasteiger partial charge in [-0.1, -0.05) is 35.4 Å². The van der Waals surface area contributed by atoms with Crippen molar-refractivity contribution in [3.8, 4) is 10.6 Å². The molecule has 0 amide bonds. The zero-order chi connectivity index (χ0) is 29.8. The van der Waals surface area contributed by atoms with E-state index < -0.39 is 27.9 Å². The lowest BCUT2D eigenvalue weighted by Gasteiger charge is -2.24. The van der Waals surface area contributed by atoms with Crippen molar-refractivity contribution in [1.29, 1.82) is 0 Å². The number of halogens is 2. The van der Waals surface area contributed by atoms with Crippen molar-refractivity contribution in [2.75, 3.05) is 4.90 Å². The first-order valence-corrected chi connectivity index (χ1v) is 14.7. The monoisotopic (exact) mass is 607 g/mol. The number of aryl methyl sites for hydroxylation is 2. The van der Waals surface area contributed by atoms with Gasteiger partial charge >= 0.3 is 0 Å². The first-order chi connectivity index (χ1) is 20.8. The Morgan fingerprint density at radius 2 is 1.44 bits per heavy atom. The Balaban J connectivity index is 1.35. The van der Waals surface area contributed by atoms with Gasteiger partial charge in [-0.25, -0.2) is 13.8 Å². The van der Waals surface area contributed by atoms with Crippen LogP contribution in [0.3, 0.4) is 0 Å². The highest BCUT2D eigenvalue weighted by Gasteiger charge is 2.21. The summed E-state index contributed by atoms with van der Waals surface area (Å²) >= 11 is 2.47. The van der Waals surface area contributed by atoms with Gasteiger partial charge in [0, 0.05) is 22.8 Å². The highest BCUT2D eigenvalue weighted by molar-refractivity contribution is 7.19. The Morgan fingerprint density at radius 3 is 2.12 bits per heavy atom. The van der Waals surface area contributed by atoms with Gasteiger partial charge in [-0.3, -0.25) is 14.6 Å². The van der Waals surface area contributed by atoms with E-state index in [1.54, 1.807) is 0 Å². The summed E-state index contributed by atoms with van der Waals surface area (Å²) in [5.41, 5.74) is 3.80. The maximum absolute atomic E-state index is 14.3. The van der Waals surface area contributed by atoms with Crippen LogP contribution in [0.25, 0.3) is 32.4 Å². The Hall–Kier alpha value is -5.00. The fraction of sp³-hybridized carbons (Fsp3) is 0.0625. The van der Waals surface area contributed by atoms with E-state index in [0.29, 0.717) is 22.8 Å². The van der Waals surface area contributed by atoms with Crippen LogP contribution >= 0.6 is 23.1 Å². The van der Waals surface area contributed by atoms with Gasteiger partial charge in [0.15, 0.2) is 0 Å². The molecule has 0 atom stereocenters. The van der Waals surface area contributed by atoms with E-state index in [1.807, 2.05) is 26.0 Å². The minimum atomic E-state index is -1.11. The van der Waals surface area contributed by atoms with Crippen LogP contribution in [0.4, 0.5) is 30.8 Å². The molecule has 7 aromatic rings. The lowest BCUT2D eigenvalue weighted by Crippen LogP contribution is -2.30. The second kappa shape index (κ2) is 10.4. The fourth-order valence-corrected chi connectivity index (χ4v) is 6.56. The van der Waals surface area contributed by atoms with Crippen LogP contribution in [0, 0.1) is 25.5 Å². The number of thiophene rings is 1. The third-order valence-electron chi connectivity index (χ3n) is 7.09. The number of benzene rings is 3. The molecule has 0 aliphatic carbocycles. The lowest BCUT2D eigenvalue weighted by molar-refractivity contribution is 0.592. The molecule has 3 aromatic heterocycles. The smallest absolute Gasteiger partial charge is 0.252 e. The minimum absolute atomic E-state index is 0.166. The molecule has 0 saturated carbocycles. The molecular formula is C32H19F2N5O2S2. The zero-order valence-electron chi connectivity index (χ0n) is 22.6. The van der Waals surface area contributed by atoms with Crippen molar-refractivity contribution in [2.24, 2.45) is 4.99 Å². The van der Waals surface area contributed by atoms with E-state index in [0.717, 1.165) is 50.2 Å². The third kappa shape index (κ3) is 4.62. The number of fused-ring (bicyclic) bond motifs is 2. The predicted molar refractivity (Wildman–Crippen MR) is 167 cm³/mol. The van der Waals surface area contributed by atoms with Crippen LogP contribution in [0.1, 0.15) is 11.1 Å². The topological polar surface area (TPSA) is 88.4 Å². The molecule has 0 unspecified atom stereocenters. The molecule has 0 radical (unpaired) electrons. The molecule has 7 nitrogen and oxygen atoms in total. The summed E-state index contributed by atoms with van der Waals surface area (Å²) < 4.78 is 37.1. The van der Waals surface area contributed by atoms with E-state index in [9.17, 15) is 18.4 Å². The molecule has 0 spiro atoms. The van der Waals surface area contributed by atoms with Gasteiger partial charge in [0.25, 0.3) is 5.43 Å². The standard InChI is InChI=1S/C32H19F2N5O2S2/c1-16-3-7-19(8-4-16)39(20-9-5-17(2)6-10-20)25-12-11-24(42-25)29-30-28(37-43-38-30)23(15-35-29)36-27-21-13-18(33)14-22(34)26(21)31(40)32(27)41/h3-15H,1-2H3/b36-27-. The second-order valence-electron chi connectivity index (χ2n) is 10.0. The normalized spacial score (nSPS) is 12.0. The molecular weight excluding hydrogens is 589 g/mol. The highest BCUT2D eigenvalue weighted by Crippen LogP contribution is 2.43. The van der Waals surface area contributed by atoms with Crippen molar-refractivity contribution < 1.29 is 8.78 Å². The van der Waals surface area contributed by atoms with Crippen molar-refractivity contribution >= 4 is 66.9 Å². The summed E-state index contributed by atoms with van der Waals surface area (Å²) in [4.78, 5) is 37.1. The number of pyridine rings is 1. The maximum Gasteiger partial charge on any atom is 0.252 e. The van der Waals surface area contributed by atoms with Gasteiger partial charge in [-0.15, -0.1) is 11.3 Å². The van der Waals surface area contributed by atoms with Crippen molar-refractivity contribution in [1.82, 2.24) is 13.7 Å². The molecule has 0 bridgehead atoms. The number of nitrogens with zero attached hydrogens (tertiary/aromatic N) is 5. The molecule has 11 heteroatoms. The zero-order valence-corrected chi connectivity index (χ0v) is 24.3. The summed E-state index contributed by atoms with van der Waals surface area (Å²) in [6.07, 6.45) is 1.43. The van der Waals surface area contributed by atoms with Crippen molar-refractivity contribution in [2.45, 2.75) is 13.8 Å². The number of hydrogen-bond donors (Lipinski definition) is 0. The van der Waals surface area contributed by atoms with Crippen molar-refractivity contribution in [3.63, 3.8) is 0 Å². The quantitative estimate of drug-likeness (QED) is 0.193. The third-order valence-corrected chi connectivity index (χ3v) is 8.70. The molecule has 0 fully saturated rings. The molecule has 0 aliphatic heterocycles. The average molecular weight is 608 g/mol. The Kier molecular flexibility index (Phi) is 6.48. The van der Waals surface area contributed by atoms with E-state index in [4.69, 9.17) is 0 Å². The number of rotatable bonds is 5. The summed E-state index contributed by atoms with van der Waals surface area (Å²) in [5.74, 6) is -2.02. The Bertz CT molecular complexity index is 2290. The highest BCUT2D eigenvalue weighted by atomic mass is 32.1. The SMILES string of the molecule is Cc1ccc(N(c2ccc(C)cc2)c2ccc(-c3ncc(/N=c4\c(=O)c(=O)c5c(F)cc(F)cc45)c4nsnc34)s2)cc1. The van der Waals surface area contributed by atoms with Gasteiger partial charge in [-0.2, -0.15) is 8.75 Å². The molecule has 4 aromatic carbocycles. The van der Waals surface area contributed by atoms with Gasteiger partial charge < -0.3 is 4.90 Å². The largest absolute Gasteiger partial charge is 0.302 e. The van der Waals surface area contributed by atoms with E-state index in [2.05, 4.69) is 72.2 Å². The maximum atomic E-state index is 14.3. The van der Waals surface area contributed by atoms with Crippen LogP contribution in [-0.4, -0.2) is 13.7 Å². The first-order valence-electron chi connectivity index (χ1n) is 13.1. The Morgan fingerprint density at radius 1 is 0.791 bits per heavy atom. The molecule has 43 heavy (non-hydrogen) atoms. The average Bonchev–Trinajstić information content (AvgIpc) is 3.72. The molecule has 3 heterocycles. The number of anilines is 3. The van der Waals surface area contributed by atoms with E-state index in [1.165, 1.54) is 17.5 Å². The molecule has 0 saturated heterocycles. The van der Waals surface area contributed by atoms with Crippen LogP contribution in [-0.2, 0) is 0 Å². The fourth-order valence-electron chi connectivity index (χ4n) is 4.95. The van der Waals surface area contributed by atoms with E-state index >= 15 is 0 Å². The number of hydrogen-bond acceptors (Lipinski definition) is 9. The second-order valence-corrected chi connectivity index (χ2v) is 11.6. The molecule has 7 rings (SSSR count). The summed E-state index contributed by atoms with van der Waals surface area (Å²) in [5, 5.41) is -0.0725. The van der Waals surface area contributed by atoms with Crippen LogP contribution in [0.5, 0.6) is 0 Å². The molecule has 0 aliphatic rings. The van der Waals surface area contributed by atoms with Crippen LogP contribution in [0.2, 0.25) is 0 Å². The van der Waals surface area contributed by atoms with Gasteiger partial charge in [0.2, 0.25) is 5.43 Å². The van der Waals surface area contributed by atoms with Crippen molar-refractivity contribution in [3.05, 3.63) is 128 Å². The predicted octanol–water partition coefficient (Wildman–Crippen LogP) is 7.16. The minimum Gasteiger partial charge on any atom is -0.302 e. The van der Waals surface area contributed by atoms with Crippen LogP contribution in [0.15, 0.2) is 93.6 Å². The van der Waals surface area contributed by atoms with Crippen LogP contribution < -0.4 is 21.1 Å².